The summed E-state index contributed by atoms with van der Waals surface area (Å²) in [5, 5.41) is 22.1. The second-order valence-electron chi connectivity index (χ2n) is 4.27. The van der Waals surface area contributed by atoms with Crippen LogP contribution in [-0.2, 0) is 9.59 Å². The number of rotatable bonds is 6. The third kappa shape index (κ3) is 5.17. The third-order valence-electron chi connectivity index (χ3n) is 2.56. The molecule has 1 rings (SSSR count). The fourth-order valence-corrected chi connectivity index (χ4v) is 1.62. The number of hydrogen-bond acceptors (Lipinski definition) is 5. The Morgan fingerprint density at radius 1 is 1.39 bits per heavy atom. The van der Waals surface area contributed by atoms with E-state index in [0.717, 1.165) is 6.20 Å². The van der Waals surface area contributed by atoms with Crippen molar-refractivity contribution in [3.05, 3.63) is 35.5 Å². The first kappa shape index (κ1) is 17.7. The Labute approximate surface area is 132 Å². The topological polar surface area (TPSA) is 129 Å². The van der Waals surface area contributed by atoms with Crippen molar-refractivity contribution in [2.75, 3.05) is 11.9 Å². The van der Waals surface area contributed by atoms with Crippen LogP contribution in [-0.4, -0.2) is 29.5 Å². The number of nitrogens with one attached hydrogen (secondary N) is 2. The van der Waals surface area contributed by atoms with E-state index in [0.29, 0.717) is 12.4 Å². The van der Waals surface area contributed by atoms with Gasteiger partial charge in [-0.1, -0.05) is 0 Å². The standard InChI is InChI=1S/C15H15N3O5/c1-3-23-11-4-5-13(18-9(2)19)12(6-11)14(20)17-8-10(7-16)15(21)22/h4-6,8H,3H2,1-2H3,(H,17,20)(H,18,19)(H,21,22). The predicted molar refractivity (Wildman–Crippen MR) is 80.7 cm³/mol. The van der Waals surface area contributed by atoms with Crippen molar-refractivity contribution in [1.82, 2.24) is 5.32 Å². The Balaban J connectivity index is 3.13. The van der Waals surface area contributed by atoms with Crippen molar-refractivity contribution in [3.63, 3.8) is 0 Å². The molecule has 0 aliphatic rings. The van der Waals surface area contributed by atoms with Gasteiger partial charge in [0.25, 0.3) is 5.91 Å². The van der Waals surface area contributed by atoms with E-state index in [-0.39, 0.29) is 17.2 Å². The van der Waals surface area contributed by atoms with Crippen LogP contribution in [0.25, 0.3) is 0 Å². The van der Waals surface area contributed by atoms with Gasteiger partial charge in [0.15, 0.2) is 5.57 Å². The van der Waals surface area contributed by atoms with Gasteiger partial charge in [0.05, 0.1) is 17.9 Å². The maximum Gasteiger partial charge on any atom is 0.347 e. The molecule has 0 atom stereocenters. The number of carbonyl (C=O) groups excluding carboxylic acids is 2. The van der Waals surface area contributed by atoms with Crippen LogP contribution in [0.4, 0.5) is 5.69 Å². The van der Waals surface area contributed by atoms with Crippen molar-refractivity contribution in [2.45, 2.75) is 13.8 Å². The lowest BCUT2D eigenvalue weighted by molar-refractivity contribution is -0.132. The number of hydrogen-bond donors (Lipinski definition) is 3. The molecule has 1 aromatic rings. The Morgan fingerprint density at radius 3 is 2.61 bits per heavy atom. The number of ether oxygens (including phenoxy) is 1. The molecule has 120 valence electrons. The minimum atomic E-state index is -1.46. The molecule has 0 bridgehead atoms. The Kier molecular flexibility index (Phi) is 6.30. The molecule has 0 unspecified atom stereocenters. The highest BCUT2D eigenvalue weighted by atomic mass is 16.5. The zero-order chi connectivity index (χ0) is 17.4. The molecule has 3 N–H and O–H groups in total. The Morgan fingerprint density at radius 2 is 2.09 bits per heavy atom. The molecule has 23 heavy (non-hydrogen) atoms. The summed E-state index contributed by atoms with van der Waals surface area (Å²) in [6, 6.07) is 5.92. The first-order chi connectivity index (χ1) is 10.9. The largest absolute Gasteiger partial charge is 0.494 e. The van der Waals surface area contributed by atoms with Gasteiger partial charge in [-0.2, -0.15) is 5.26 Å². The molecule has 0 radical (unpaired) electrons. The molecular formula is C15H15N3O5. The summed E-state index contributed by atoms with van der Waals surface area (Å²) in [6.45, 7) is 3.45. The van der Waals surface area contributed by atoms with Gasteiger partial charge in [-0.3, -0.25) is 9.59 Å². The van der Waals surface area contributed by atoms with Crippen molar-refractivity contribution in [2.24, 2.45) is 0 Å². The fourth-order valence-electron chi connectivity index (χ4n) is 1.62. The van der Waals surface area contributed by atoms with Crippen molar-refractivity contribution in [3.8, 4) is 11.8 Å². The lowest BCUT2D eigenvalue weighted by Gasteiger charge is -2.11. The zero-order valence-electron chi connectivity index (χ0n) is 12.5. The van der Waals surface area contributed by atoms with Crippen LogP contribution in [0, 0.1) is 11.3 Å². The first-order valence-electron chi connectivity index (χ1n) is 6.57. The molecule has 0 saturated carbocycles. The molecular weight excluding hydrogens is 302 g/mol. The number of nitrogens with zero attached hydrogens (tertiary/aromatic N) is 1. The quantitative estimate of drug-likeness (QED) is 0.535. The zero-order valence-corrected chi connectivity index (χ0v) is 12.5. The van der Waals surface area contributed by atoms with Crippen LogP contribution >= 0.6 is 0 Å². The van der Waals surface area contributed by atoms with E-state index in [9.17, 15) is 14.4 Å². The van der Waals surface area contributed by atoms with E-state index in [1.807, 2.05) is 0 Å². The average Bonchev–Trinajstić information content (AvgIpc) is 2.48. The van der Waals surface area contributed by atoms with E-state index in [1.54, 1.807) is 13.0 Å². The maximum atomic E-state index is 12.2. The molecule has 0 heterocycles. The number of carboxylic acids is 1. The highest BCUT2D eigenvalue weighted by molar-refractivity contribution is 6.04. The normalized spacial score (nSPS) is 10.4. The van der Waals surface area contributed by atoms with Crippen LogP contribution in [0.15, 0.2) is 30.0 Å². The van der Waals surface area contributed by atoms with Crippen molar-refractivity contribution >= 4 is 23.5 Å². The minimum absolute atomic E-state index is 0.0741. The molecule has 1 aromatic carbocycles. The van der Waals surface area contributed by atoms with Gasteiger partial charge < -0.3 is 20.5 Å². The molecule has 0 saturated heterocycles. The molecule has 8 heteroatoms. The fraction of sp³-hybridized carbons (Fsp3) is 0.200. The van der Waals surface area contributed by atoms with Gasteiger partial charge in [-0.25, -0.2) is 4.79 Å². The molecule has 0 aromatic heterocycles. The molecule has 0 spiro atoms. The van der Waals surface area contributed by atoms with E-state index in [4.69, 9.17) is 15.1 Å². The molecule has 0 aliphatic heterocycles. The number of benzene rings is 1. The minimum Gasteiger partial charge on any atom is -0.494 e. The van der Waals surface area contributed by atoms with E-state index in [2.05, 4.69) is 10.6 Å². The summed E-state index contributed by atoms with van der Waals surface area (Å²) in [6.07, 6.45) is 0.787. The highest BCUT2D eigenvalue weighted by Crippen LogP contribution is 2.22. The highest BCUT2D eigenvalue weighted by Gasteiger charge is 2.14. The maximum absolute atomic E-state index is 12.2. The van der Waals surface area contributed by atoms with Gasteiger partial charge in [-0.05, 0) is 25.1 Å². The van der Waals surface area contributed by atoms with E-state index >= 15 is 0 Å². The summed E-state index contributed by atoms with van der Waals surface area (Å²) in [5.74, 6) is -2.11. The molecule has 8 nitrogen and oxygen atoms in total. The van der Waals surface area contributed by atoms with Crippen molar-refractivity contribution < 1.29 is 24.2 Å². The first-order valence-corrected chi connectivity index (χ1v) is 6.57. The van der Waals surface area contributed by atoms with Gasteiger partial charge in [0, 0.05) is 13.1 Å². The van der Waals surface area contributed by atoms with Crippen molar-refractivity contribution in [1.29, 1.82) is 5.26 Å². The summed E-state index contributed by atoms with van der Waals surface area (Å²) in [4.78, 5) is 34.1. The van der Waals surface area contributed by atoms with Crippen LogP contribution in [0.2, 0.25) is 0 Å². The van der Waals surface area contributed by atoms with E-state index < -0.39 is 17.4 Å². The van der Waals surface area contributed by atoms with Crippen LogP contribution < -0.4 is 15.4 Å². The van der Waals surface area contributed by atoms with Crippen LogP contribution in [0.3, 0.4) is 0 Å². The number of carbonyl (C=O) groups is 3. The van der Waals surface area contributed by atoms with Gasteiger partial charge in [-0.15, -0.1) is 0 Å². The molecule has 0 fully saturated rings. The second kappa shape index (κ2) is 8.19. The molecule has 2 amide bonds. The number of nitriles is 1. The van der Waals surface area contributed by atoms with Crippen LogP contribution in [0.5, 0.6) is 5.75 Å². The average molecular weight is 317 g/mol. The summed E-state index contributed by atoms with van der Waals surface area (Å²) in [7, 11) is 0. The number of amides is 2. The Hall–Kier alpha value is -3.34. The second-order valence-corrected chi connectivity index (χ2v) is 4.27. The number of anilines is 1. The van der Waals surface area contributed by atoms with E-state index in [1.165, 1.54) is 25.1 Å². The smallest absolute Gasteiger partial charge is 0.347 e. The summed E-state index contributed by atoms with van der Waals surface area (Å²) in [5.41, 5.74) is -0.314. The van der Waals surface area contributed by atoms with Gasteiger partial charge in [0.2, 0.25) is 5.91 Å². The third-order valence-corrected chi connectivity index (χ3v) is 2.56. The summed E-state index contributed by atoms with van der Waals surface area (Å²) >= 11 is 0. The lowest BCUT2D eigenvalue weighted by atomic mass is 10.1. The van der Waals surface area contributed by atoms with Gasteiger partial charge >= 0.3 is 5.97 Å². The predicted octanol–water partition coefficient (Wildman–Crippen LogP) is 1.27. The monoisotopic (exact) mass is 317 g/mol. The number of aliphatic carboxylic acids is 1. The van der Waals surface area contributed by atoms with Gasteiger partial charge in [0.1, 0.15) is 11.8 Å². The lowest BCUT2D eigenvalue weighted by Crippen LogP contribution is -2.21. The van der Waals surface area contributed by atoms with Crippen LogP contribution in [0.1, 0.15) is 24.2 Å². The molecule has 0 aliphatic carbocycles. The number of carboxylic acid groups (broad SMARTS) is 1. The summed E-state index contributed by atoms with van der Waals surface area (Å²) < 4.78 is 5.29. The Bertz CT molecular complexity index is 704. The SMILES string of the molecule is CCOc1ccc(NC(C)=O)c(C(=O)NC=C(C#N)C(=O)O)c1.